The molecule has 3 aromatic heterocycles. The van der Waals surface area contributed by atoms with Crippen molar-refractivity contribution in [3.8, 4) is 73.7 Å². The zero-order valence-electron chi connectivity index (χ0n) is 54.7. The molecular formula is C71H61N7O. The van der Waals surface area contributed by atoms with Gasteiger partial charge in [-0.3, -0.25) is 4.57 Å². The number of hydrogen-bond donors (Lipinski definition) is 0. The van der Waals surface area contributed by atoms with Crippen molar-refractivity contribution in [1.29, 1.82) is 0 Å². The number of pyridine rings is 1. The Kier molecular flexibility index (Phi) is 9.82. The van der Waals surface area contributed by atoms with Crippen LogP contribution in [0.2, 0.25) is 0 Å². The lowest BCUT2D eigenvalue weighted by Gasteiger charge is -2.28. The van der Waals surface area contributed by atoms with Gasteiger partial charge in [-0.2, -0.15) is 0 Å². The van der Waals surface area contributed by atoms with E-state index in [1.54, 1.807) is 24.4 Å². The number of aromatic nitrogens is 5. The minimum absolute atomic E-state index is 0.0825. The molecule has 13 rings (SSSR count). The number of para-hydroxylation sites is 2. The quantitative estimate of drug-likeness (QED) is 0.135. The minimum Gasteiger partial charge on any atom is -0.456 e. The summed E-state index contributed by atoms with van der Waals surface area (Å²) in [6.45, 7) is 13.2. The van der Waals surface area contributed by atoms with E-state index in [1.165, 1.54) is 11.1 Å². The second kappa shape index (κ2) is 19.9. The Balaban J connectivity index is 0.990. The van der Waals surface area contributed by atoms with Crippen LogP contribution in [0, 0.1) is 0 Å². The fourth-order valence-electron chi connectivity index (χ4n) is 10.7. The molecule has 8 heteroatoms. The summed E-state index contributed by atoms with van der Waals surface area (Å²) in [4.78, 5) is 24.7. The maximum Gasteiger partial charge on any atom is 0.167 e. The van der Waals surface area contributed by atoms with Gasteiger partial charge in [-0.25, -0.2) is 19.9 Å². The molecule has 4 heterocycles. The average molecular weight is 1040 g/mol. The monoisotopic (exact) mass is 1040 g/mol. The first-order chi connectivity index (χ1) is 42.6. The lowest BCUT2D eigenvalue weighted by Crippen LogP contribution is -2.28. The van der Waals surface area contributed by atoms with Crippen LogP contribution in [0.15, 0.2) is 236 Å². The first-order valence-electron chi connectivity index (χ1n) is 31.5. The Labute approximate surface area is 476 Å². The molecule has 2 aliphatic rings. The number of fused-ring (bicyclic) bond motifs is 3. The Morgan fingerprint density at radius 2 is 1.13 bits per heavy atom. The topological polar surface area (TPSA) is 72.2 Å². The van der Waals surface area contributed by atoms with Crippen molar-refractivity contribution in [3.05, 3.63) is 247 Å². The number of hydrogen-bond acceptors (Lipinski definition) is 7. The number of rotatable bonds is 10. The third-order valence-electron chi connectivity index (χ3n) is 14.8. The Morgan fingerprint density at radius 3 is 1.75 bits per heavy atom. The average Bonchev–Trinajstić information content (AvgIpc) is 1.77. The first kappa shape index (κ1) is 39.0. The van der Waals surface area contributed by atoms with Gasteiger partial charge in [0.1, 0.15) is 17.3 Å². The smallest absolute Gasteiger partial charge is 0.167 e. The summed E-state index contributed by atoms with van der Waals surface area (Å²) >= 11 is 0. The van der Waals surface area contributed by atoms with Crippen LogP contribution in [0.4, 0.5) is 11.4 Å². The van der Waals surface area contributed by atoms with Crippen LogP contribution in [0.1, 0.15) is 79.2 Å². The highest BCUT2D eigenvalue weighted by Gasteiger charge is 2.34. The summed E-state index contributed by atoms with van der Waals surface area (Å²) in [6.07, 6.45) is 7.05. The second-order valence-electron chi connectivity index (χ2n) is 21.9. The van der Waals surface area contributed by atoms with E-state index in [9.17, 15) is 5.48 Å². The van der Waals surface area contributed by atoms with Crippen LogP contribution in [-0.2, 0) is 10.8 Å². The number of anilines is 2. The van der Waals surface area contributed by atoms with E-state index in [2.05, 4.69) is 118 Å². The van der Waals surface area contributed by atoms with Gasteiger partial charge in [0.25, 0.3) is 0 Å². The van der Waals surface area contributed by atoms with Crippen molar-refractivity contribution >= 4 is 33.2 Å². The fourth-order valence-corrected chi connectivity index (χ4v) is 10.7. The molecule has 0 radical (unpaired) electrons. The molecule has 0 atom stereocenters. The normalized spacial score (nSPS) is 15.4. The molecule has 0 bridgehead atoms. The van der Waals surface area contributed by atoms with Gasteiger partial charge in [-0.05, 0) is 88.4 Å². The maximum atomic E-state index is 9.20. The Morgan fingerprint density at radius 1 is 0.519 bits per heavy atom. The highest BCUT2D eigenvalue weighted by Crippen LogP contribution is 2.48. The Hall–Kier alpha value is -9.40. The van der Waals surface area contributed by atoms with Gasteiger partial charge in [0, 0.05) is 62.7 Å². The summed E-state index contributed by atoms with van der Waals surface area (Å²) in [5, 5.41) is 1.91. The van der Waals surface area contributed by atoms with Crippen molar-refractivity contribution in [2.24, 2.45) is 0 Å². The molecule has 0 N–H and O–H groups in total. The predicted molar refractivity (Wildman–Crippen MR) is 325 cm³/mol. The molecule has 386 valence electrons. The first-order valence-corrected chi connectivity index (χ1v) is 26.5. The fraction of sp³-hybridized carbons (Fsp3) is 0.155. The van der Waals surface area contributed by atoms with E-state index in [0.29, 0.717) is 64.6 Å². The van der Waals surface area contributed by atoms with Crippen molar-refractivity contribution in [3.63, 3.8) is 0 Å². The van der Waals surface area contributed by atoms with Gasteiger partial charge in [0.05, 0.1) is 48.4 Å². The highest BCUT2D eigenvalue weighted by atomic mass is 16.5. The van der Waals surface area contributed by atoms with Gasteiger partial charge in [0.2, 0.25) is 0 Å². The molecule has 0 unspecified atom stereocenters. The number of nitrogens with zero attached hydrogens (tertiary/aromatic N) is 7. The molecule has 0 spiro atoms. The van der Waals surface area contributed by atoms with Crippen molar-refractivity contribution in [1.82, 2.24) is 24.5 Å². The molecule has 0 fully saturated rings. The largest absolute Gasteiger partial charge is 0.456 e. The van der Waals surface area contributed by atoms with E-state index in [4.69, 9.17) is 32.9 Å². The van der Waals surface area contributed by atoms with E-state index >= 15 is 0 Å². The number of ether oxygens (including phenoxy) is 1. The predicted octanol–water partition coefficient (Wildman–Crippen LogP) is 17.9. The summed E-state index contributed by atoms with van der Waals surface area (Å²) < 4.78 is 98.1. The van der Waals surface area contributed by atoms with Gasteiger partial charge < -0.3 is 14.5 Å². The van der Waals surface area contributed by atoms with Crippen LogP contribution >= 0.6 is 0 Å². The SMILES string of the molecule is [2H]c1c([2H])c([2H])c(-c2cccc(-c3c([2H])c([2H])c([2H])c([2H])c3[2H])c2N2CN(c3cccc(Oc4cc5c(cc4-c4nc(-c6ccc(C(C)(C)C)cc6)nc(-c6ccc(C(C)(C)C)cc6)n4)c4ccccc4n5-c4ccccn4)c3)C3=C2C=CCC3)c([2H])c1[2H]. The molecular weight excluding hydrogens is 967 g/mol. The molecule has 11 aromatic rings. The van der Waals surface area contributed by atoms with Gasteiger partial charge in [-0.15, -0.1) is 0 Å². The van der Waals surface area contributed by atoms with Crippen molar-refractivity contribution < 1.29 is 18.4 Å². The van der Waals surface area contributed by atoms with Crippen LogP contribution in [0.3, 0.4) is 0 Å². The third-order valence-corrected chi connectivity index (χ3v) is 14.8. The highest BCUT2D eigenvalue weighted by molar-refractivity contribution is 6.11. The number of allylic oxidation sites excluding steroid dienone is 3. The van der Waals surface area contributed by atoms with Crippen LogP contribution in [0.5, 0.6) is 11.5 Å². The molecule has 0 saturated carbocycles. The Bertz CT molecular complexity index is 4540. The zero-order valence-corrected chi connectivity index (χ0v) is 44.7. The lowest BCUT2D eigenvalue weighted by molar-refractivity contribution is 0.484. The van der Waals surface area contributed by atoms with Gasteiger partial charge in [-0.1, -0.05) is 205 Å². The molecule has 1 aliphatic carbocycles. The standard InChI is InChI=1S/C71H61N7O/c1-70(2,3)51-38-34-49(35-39-51)67-73-68(50-36-40-52(41-37-50)71(4,5)6)75-69(74-67)59-44-58-57-27-13-14-30-60(57)78(65-33-17-18-42-72-65)63(58)45-64(59)79-54-26-19-25-53(43-54)76-46-77(62-32-16-15-31-61(62)76)66-55(47-21-9-7-10-22-47)28-20-29-56(66)48-23-11-8-12-24-48/h7-14,16-30,32-45H,15,31,46H2,1-6H3/i7D,8D,9D,10D,11D,12D,21D,22D,23D,24D. The third kappa shape index (κ3) is 9.33. The van der Waals surface area contributed by atoms with E-state index in [-0.39, 0.29) is 39.8 Å². The number of benzene rings is 8. The van der Waals surface area contributed by atoms with Crippen LogP contribution in [-0.4, -0.2) is 31.2 Å². The summed E-state index contributed by atoms with van der Waals surface area (Å²) in [5.41, 5.74) is 9.07. The van der Waals surface area contributed by atoms with E-state index in [1.807, 2.05) is 77.7 Å². The van der Waals surface area contributed by atoms with E-state index < -0.39 is 60.4 Å². The molecule has 0 saturated heterocycles. The van der Waals surface area contributed by atoms with E-state index in [0.717, 1.165) is 44.3 Å². The molecule has 8 aromatic carbocycles. The van der Waals surface area contributed by atoms with Crippen LogP contribution < -0.4 is 14.5 Å². The molecule has 79 heavy (non-hydrogen) atoms. The summed E-state index contributed by atoms with van der Waals surface area (Å²) in [5.74, 6) is 3.00. The van der Waals surface area contributed by atoms with Crippen LogP contribution in [0.25, 0.3) is 84.0 Å². The molecule has 0 amide bonds. The van der Waals surface area contributed by atoms with Gasteiger partial charge in [0.15, 0.2) is 17.5 Å². The molecule has 1 aliphatic heterocycles. The summed E-state index contributed by atoms with van der Waals surface area (Å²) in [7, 11) is 0. The summed E-state index contributed by atoms with van der Waals surface area (Å²) in [6, 6.07) is 42.5. The zero-order chi connectivity index (χ0) is 62.5. The molecule has 8 nitrogen and oxygen atoms in total. The lowest BCUT2D eigenvalue weighted by atomic mass is 9.86. The van der Waals surface area contributed by atoms with Crippen molar-refractivity contribution in [2.75, 3.05) is 16.5 Å². The second-order valence-corrected chi connectivity index (χ2v) is 21.9. The minimum atomic E-state index is -0.559. The van der Waals surface area contributed by atoms with Gasteiger partial charge >= 0.3 is 0 Å². The maximum absolute atomic E-state index is 9.20. The van der Waals surface area contributed by atoms with Crippen molar-refractivity contribution in [2.45, 2.75) is 65.2 Å².